The number of nitrogens with one attached hydrogen (secondary N) is 1. The van der Waals surface area contributed by atoms with Crippen LogP contribution in [0, 0.1) is 11.8 Å². The molecule has 3 N–H and O–H groups in total. The number of anilines is 1. The first-order valence-corrected chi connectivity index (χ1v) is 10.1. The highest BCUT2D eigenvalue weighted by Gasteiger charge is 1.96. The number of hydrogen-bond donors (Lipinski definition) is 2. The smallest absolute Gasteiger partial charge is 0.233 e. The number of carbonyl (C=O) groups is 1. The van der Waals surface area contributed by atoms with E-state index in [1.165, 1.54) is 18.0 Å². The van der Waals surface area contributed by atoms with E-state index in [1.807, 2.05) is 19.2 Å². The van der Waals surface area contributed by atoms with Gasteiger partial charge in [-0.05, 0) is 31.0 Å². The van der Waals surface area contributed by atoms with Crippen LogP contribution in [-0.4, -0.2) is 40.8 Å². The van der Waals surface area contributed by atoms with Gasteiger partial charge in [-0.25, -0.2) is 9.97 Å². The van der Waals surface area contributed by atoms with Crippen LogP contribution in [0.3, 0.4) is 0 Å². The lowest BCUT2D eigenvalue weighted by atomic mass is 10.2. The Kier molecular flexibility index (Phi) is 12.4. The molecular weight excluding hydrogens is 386 g/mol. The topological polar surface area (TPSA) is 102 Å². The summed E-state index contributed by atoms with van der Waals surface area (Å²) in [5.41, 5.74) is 8.34. The minimum absolute atomic E-state index is 0.283. The first-order valence-electron chi connectivity index (χ1n) is 9.12. The highest BCUT2D eigenvalue weighted by Crippen LogP contribution is 2.11. The third-order valence-corrected chi connectivity index (χ3v) is 4.36. The Bertz CT molecular complexity index is 829. The first kappa shape index (κ1) is 24.0. The van der Waals surface area contributed by atoms with Gasteiger partial charge in [0.15, 0.2) is 18.1 Å². The maximum absolute atomic E-state index is 10.2. The van der Waals surface area contributed by atoms with E-state index in [-0.39, 0.29) is 12.3 Å². The molecule has 0 fully saturated rings. The lowest BCUT2D eigenvalue weighted by Gasteiger charge is -2.03. The number of nitrogens with two attached hydrogens (primary N) is 1. The summed E-state index contributed by atoms with van der Waals surface area (Å²) in [7, 11) is 1.91. The predicted molar refractivity (Wildman–Crippen MR) is 120 cm³/mol. The van der Waals surface area contributed by atoms with Crippen molar-refractivity contribution in [1.29, 1.82) is 0 Å². The summed E-state index contributed by atoms with van der Waals surface area (Å²) in [5.74, 6) is 6.80. The molecular formula is C21H27N5O2S. The van der Waals surface area contributed by atoms with Crippen molar-refractivity contribution in [2.24, 2.45) is 10.7 Å². The molecule has 29 heavy (non-hydrogen) atoms. The molecule has 0 atom stereocenters. The van der Waals surface area contributed by atoms with Crippen molar-refractivity contribution in [2.75, 3.05) is 24.7 Å². The van der Waals surface area contributed by atoms with E-state index in [0.717, 1.165) is 17.9 Å². The fraction of sp³-hybridized carbons (Fsp3) is 0.333. The van der Waals surface area contributed by atoms with Crippen molar-refractivity contribution in [3.63, 3.8) is 0 Å². The van der Waals surface area contributed by atoms with Crippen molar-refractivity contribution in [1.82, 2.24) is 9.97 Å². The fourth-order valence-electron chi connectivity index (χ4n) is 1.89. The minimum Gasteiger partial charge on any atom is -0.463 e. The maximum Gasteiger partial charge on any atom is 0.233 e. The number of ether oxygens (including phenoxy) is 1. The minimum atomic E-state index is 0.283. The summed E-state index contributed by atoms with van der Waals surface area (Å²) in [4.78, 5) is 22.2. The summed E-state index contributed by atoms with van der Waals surface area (Å²) in [6.45, 7) is 4.80. The van der Waals surface area contributed by atoms with Crippen molar-refractivity contribution in [2.45, 2.75) is 26.8 Å². The average molecular weight is 414 g/mol. The number of amidine groups is 1. The number of benzene rings is 1. The van der Waals surface area contributed by atoms with Gasteiger partial charge in [0, 0.05) is 18.5 Å². The Hall–Kier alpha value is -3.05. The average Bonchev–Trinajstić information content (AvgIpc) is 2.77. The van der Waals surface area contributed by atoms with Gasteiger partial charge in [0.25, 0.3) is 0 Å². The number of nitrogens with zero attached hydrogens (tertiary/aromatic N) is 3. The van der Waals surface area contributed by atoms with Crippen LogP contribution in [0.2, 0.25) is 0 Å². The molecule has 0 aliphatic carbocycles. The third kappa shape index (κ3) is 10.8. The van der Waals surface area contributed by atoms with Crippen LogP contribution in [-0.2, 0) is 6.54 Å². The Morgan fingerprint density at radius 2 is 2.21 bits per heavy atom. The van der Waals surface area contributed by atoms with Gasteiger partial charge >= 0.3 is 0 Å². The molecule has 0 saturated carbocycles. The number of aromatic nitrogens is 2. The number of aliphatic imine (C=N–C) groups is 1. The van der Waals surface area contributed by atoms with Crippen LogP contribution >= 0.6 is 11.8 Å². The van der Waals surface area contributed by atoms with Gasteiger partial charge < -0.3 is 15.8 Å². The number of hydrogen-bond acceptors (Lipinski definition) is 7. The van der Waals surface area contributed by atoms with E-state index in [0.29, 0.717) is 23.9 Å². The van der Waals surface area contributed by atoms with Gasteiger partial charge in [-0.15, -0.1) is 5.92 Å². The summed E-state index contributed by atoms with van der Waals surface area (Å²) < 4.78 is 5.08. The van der Waals surface area contributed by atoms with Gasteiger partial charge in [-0.2, -0.15) is 0 Å². The summed E-state index contributed by atoms with van der Waals surface area (Å²) in [6, 6.07) is 8.19. The van der Waals surface area contributed by atoms with Crippen LogP contribution in [0.25, 0.3) is 0 Å². The molecule has 8 heteroatoms. The highest BCUT2D eigenvalue weighted by atomic mass is 32.2. The number of aldehydes is 1. The lowest BCUT2D eigenvalue weighted by molar-refractivity contribution is 0.111. The monoisotopic (exact) mass is 413 g/mol. The molecule has 0 aliphatic heterocycles. The summed E-state index contributed by atoms with van der Waals surface area (Å²) >= 11 is 1.62. The zero-order valence-electron chi connectivity index (χ0n) is 17.0. The van der Waals surface area contributed by atoms with Gasteiger partial charge in [0.05, 0.1) is 18.9 Å². The standard InChI is InChI=1S/C12H19N3S.C9H8N2O2/c1-3-7-16-12(13)15-9-10-5-4-6-11(8-10)14-2;1-2-3-4-13-9-6-10-8(7-12)5-11-9/h4-6,8,14H,3,7,9H2,1-2H3,(H2,13,15);5-7H,4H2,1H3. The molecule has 1 aromatic carbocycles. The van der Waals surface area contributed by atoms with Crippen LogP contribution < -0.4 is 15.8 Å². The fourth-order valence-corrected chi connectivity index (χ4v) is 2.46. The quantitative estimate of drug-likeness (QED) is 0.296. The maximum atomic E-state index is 10.2. The Balaban J connectivity index is 0.000000296. The van der Waals surface area contributed by atoms with E-state index in [1.54, 1.807) is 18.7 Å². The molecule has 0 unspecified atom stereocenters. The van der Waals surface area contributed by atoms with Crippen molar-refractivity contribution < 1.29 is 9.53 Å². The van der Waals surface area contributed by atoms with Gasteiger partial charge in [0.2, 0.25) is 5.88 Å². The van der Waals surface area contributed by atoms with E-state index in [4.69, 9.17) is 10.5 Å². The largest absolute Gasteiger partial charge is 0.463 e. The number of rotatable bonds is 8. The van der Waals surface area contributed by atoms with Crippen molar-refractivity contribution in [3.05, 3.63) is 47.9 Å². The first-order chi connectivity index (χ1) is 14.1. The second kappa shape index (κ2) is 14.9. The number of carbonyl (C=O) groups excluding carboxylic acids is 1. The predicted octanol–water partition coefficient (Wildman–Crippen LogP) is 3.38. The molecule has 0 saturated heterocycles. The van der Waals surface area contributed by atoms with Crippen LogP contribution in [0.15, 0.2) is 41.7 Å². The summed E-state index contributed by atoms with van der Waals surface area (Å²) in [6.07, 6.45) is 4.49. The van der Waals surface area contributed by atoms with Crippen molar-refractivity contribution in [3.8, 4) is 17.7 Å². The molecule has 1 aromatic heterocycles. The molecule has 154 valence electrons. The molecule has 0 radical (unpaired) electrons. The second-order valence-electron chi connectivity index (χ2n) is 5.57. The molecule has 0 bridgehead atoms. The lowest BCUT2D eigenvalue weighted by Crippen LogP contribution is -2.07. The molecule has 0 amide bonds. The molecule has 2 aromatic rings. The Morgan fingerprint density at radius 3 is 2.83 bits per heavy atom. The van der Waals surface area contributed by atoms with E-state index in [2.05, 4.69) is 51.2 Å². The van der Waals surface area contributed by atoms with E-state index >= 15 is 0 Å². The van der Waals surface area contributed by atoms with Gasteiger partial charge in [-0.3, -0.25) is 9.79 Å². The zero-order chi connectivity index (χ0) is 21.3. The zero-order valence-corrected chi connectivity index (χ0v) is 17.8. The second-order valence-corrected chi connectivity index (χ2v) is 6.68. The molecule has 2 rings (SSSR count). The van der Waals surface area contributed by atoms with Crippen molar-refractivity contribution >= 4 is 28.9 Å². The Labute approximate surface area is 176 Å². The Morgan fingerprint density at radius 1 is 1.38 bits per heavy atom. The SMILES string of the molecule is CC#CCOc1cnc(C=O)cn1.CCCSC(N)=NCc1cccc(NC)c1. The summed E-state index contributed by atoms with van der Waals surface area (Å²) in [5, 5.41) is 3.78. The highest BCUT2D eigenvalue weighted by molar-refractivity contribution is 8.13. The van der Waals surface area contributed by atoms with E-state index in [9.17, 15) is 4.79 Å². The molecule has 7 nitrogen and oxygen atoms in total. The molecule has 0 aliphatic rings. The normalized spacial score (nSPS) is 10.1. The number of thioether (sulfide) groups is 1. The molecule has 0 spiro atoms. The van der Waals surface area contributed by atoms with Crippen LogP contribution in [0.1, 0.15) is 36.3 Å². The van der Waals surface area contributed by atoms with Gasteiger partial charge in [-0.1, -0.05) is 36.7 Å². The van der Waals surface area contributed by atoms with Crippen LogP contribution in [0.5, 0.6) is 5.88 Å². The molecule has 1 heterocycles. The van der Waals surface area contributed by atoms with E-state index < -0.39 is 0 Å². The third-order valence-electron chi connectivity index (χ3n) is 3.33. The van der Waals surface area contributed by atoms with Gasteiger partial charge in [0.1, 0.15) is 5.69 Å². The van der Waals surface area contributed by atoms with Crippen LogP contribution in [0.4, 0.5) is 5.69 Å².